The van der Waals surface area contributed by atoms with Crippen LogP contribution in [0.5, 0.6) is 0 Å². The standard InChI is InChI=1S/C17H19NO2S/c1-4-12-5-7-13(8-6-12)14-9-10-18-11-15(14)21-17(2,3)16(19)20/h5-11H,4H2,1-3H3,(H,19,20). The van der Waals surface area contributed by atoms with Crippen LogP contribution < -0.4 is 0 Å². The molecule has 21 heavy (non-hydrogen) atoms. The predicted octanol–water partition coefficient (Wildman–Crippen LogP) is 4.27. The molecule has 110 valence electrons. The SMILES string of the molecule is CCc1ccc(-c2ccncc2SC(C)(C)C(=O)O)cc1. The Labute approximate surface area is 129 Å². The Morgan fingerprint density at radius 1 is 1.24 bits per heavy atom. The highest BCUT2D eigenvalue weighted by atomic mass is 32.2. The van der Waals surface area contributed by atoms with Crippen molar-refractivity contribution < 1.29 is 9.90 Å². The van der Waals surface area contributed by atoms with E-state index in [1.807, 2.05) is 6.07 Å². The quantitative estimate of drug-likeness (QED) is 0.838. The van der Waals surface area contributed by atoms with Gasteiger partial charge in [-0.2, -0.15) is 0 Å². The Morgan fingerprint density at radius 2 is 1.90 bits per heavy atom. The molecule has 0 bridgehead atoms. The number of pyridine rings is 1. The number of rotatable bonds is 5. The van der Waals surface area contributed by atoms with Gasteiger partial charge >= 0.3 is 5.97 Å². The number of carboxylic acid groups (broad SMARTS) is 1. The van der Waals surface area contributed by atoms with Crippen LogP contribution in [-0.2, 0) is 11.2 Å². The third-order valence-corrected chi connectivity index (χ3v) is 4.57. The van der Waals surface area contributed by atoms with Gasteiger partial charge in [-0.25, -0.2) is 0 Å². The molecular formula is C17H19NO2S. The van der Waals surface area contributed by atoms with Crippen molar-refractivity contribution in [3.63, 3.8) is 0 Å². The number of thioether (sulfide) groups is 1. The monoisotopic (exact) mass is 301 g/mol. The van der Waals surface area contributed by atoms with E-state index in [1.54, 1.807) is 26.2 Å². The molecule has 0 amide bonds. The zero-order valence-electron chi connectivity index (χ0n) is 12.5. The molecule has 0 atom stereocenters. The van der Waals surface area contributed by atoms with Gasteiger partial charge in [-0.15, -0.1) is 11.8 Å². The Bertz CT molecular complexity index is 635. The van der Waals surface area contributed by atoms with Crippen molar-refractivity contribution >= 4 is 17.7 Å². The average molecular weight is 301 g/mol. The van der Waals surface area contributed by atoms with Crippen LogP contribution in [-0.4, -0.2) is 20.8 Å². The molecule has 1 aromatic carbocycles. The first-order valence-electron chi connectivity index (χ1n) is 6.90. The van der Waals surface area contributed by atoms with Crippen molar-refractivity contribution in [1.29, 1.82) is 0 Å². The summed E-state index contributed by atoms with van der Waals surface area (Å²) in [6, 6.07) is 10.3. The van der Waals surface area contributed by atoms with Gasteiger partial charge in [-0.3, -0.25) is 9.78 Å². The van der Waals surface area contributed by atoms with Gasteiger partial charge < -0.3 is 5.11 Å². The summed E-state index contributed by atoms with van der Waals surface area (Å²) in [5, 5.41) is 9.29. The fourth-order valence-corrected chi connectivity index (χ4v) is 2.98. The van der Waals surface area contributed by atoms with Crippen LogP contribution in [0.1, 0.15) is 26.3 Å². The van der Waals surface area contributed by atoms with Gasteiger partial charge in [-0.1, -0.05) is 31.2 Å². The molecule has 1 heterocycles. The van der Waals surface area contributed by atoms with E-state index in [0.717, 1.165) is 22.4 Å². The average Bonchev–Trinajstić information content (AvgIpc) is 2.47. The van der Waals surface area contributed by atoms with Gasteiger partial charge in [0.1, 0.15) is 4.75 Å². The minimum absolute atomic E-state index is 0.830. The third-order valence-electron chi connectivity index (χ3n) is 3.34. The summed E-state index contributed by atoms with van der Waals surface area (Å²) in [5.74, 6) is -0.830. The van der Waals surface area contributed by atoms with Crippen molar-refractivity contribution in [2.24, 2.45) is 0 Å². The van der Waals surface area contributed by atoms with Gasteiger partial charge in [0.05, 0.1) is 0 Å². The highest BCUT2D eigenvalue weighted by molar-refractivity contribution is 8.01. The van der Waals surface area contributed by atoms with Crippen molar-refractivity contribution in [2.45, 2.75) is 36.8 Å². The van der Waals surface area contributed by atoms with E-state index in [4.69, 9.17) is 0 Å². The molecule has 0 fully saturated rings. The second-order valence-corrected chi connectivity index (χ2v) is 7.00. The lowest BCUT2D eigenvalue weighted by Crippen LogP contribution is -2.27. The van der Waals surface area contributed by atoms with Crippen LogP contribution >= 0.6 is 11.8 Å². The molecule has 1 N–H and O–H groups in total. The fourth-order valence-electron chi connectivity index (χ4n) is 1.94. The number of hydrogen-bond donors (Lipinski definition) is 1. The molecule has 0 aliphatic rings. The Morgan fingerprint density at radius 3 is 2.48 bits per heavy atom. The molecule has 0 saturated carbocycles. The molecule has 4 heteroatoms. The maximum Gasteiger partial charge on any atom is 0.319 e. The molecule has 0 saturated heterocycles. The van der Waals surface area contributed by atoms with E-state index in [9.17, 15) is 9.90 Å². The zero-order chi connectivity index (χ0) is 15.5. The van der Waals surface area contributed by atoms with Gasteiger partial charge in [0, 0.05) is 17.3 Å². The first-order chi connectivity index (χ1) is 9.94. The van der Waals surface area contributed by atoms with Gasteiger partial charge in [0.15, 0.2) is 0 Å². The van der Waals surface area contributed by atoms with E-state index >= 15 is 0 Å². The van der Waals surface area contributed by atoms with Gasteiger partial charge in [0.2, 0.25) is 0 Å². The predicted molar refractivity (Wildman–Crippen MR) is 86.6 cm³/mol. The van der Waals surface area contributed by atoms with Crippen LogP contribution in [0.2, 0.25) is 0 Å². The fraction of sp³-hybridized carbons (Fsp3) is 0.294. The van der Waals surface area contributed by atoms with E-state index < -0.39 is 10.7 Å². The number of benzene rings is 1. The van der Waals surface area contributed by atoms with Crippen molar-refractivity contribution in [3.8, 4) is 11.1 Å². The number of carboxylic acids is 1. The van der Waals surface area contributed by atoms with Crippen LogP contribution in [0.4, 0.5) is 0 Å². The lowest BCUT2D eigenvalue weighted by molar-refractivity contribution is -0.138. The number of aryl methyl sites for hydroxylation is 1. The third kappa shape index (κ3) is 3.64. The number of aliphatic carboxylic acids is 1. The highest BCUT2D eigenvalue weighted by Gasteiger charge is 2.29. The van der Waals surface area contributed by atoms with Crippen molar-refractivity contribution in [1.82, 2.24) is 4.98 Å². The molecule has 3 nitrogen and oxygen atoms in total. The van der Waals surface area contributed by atoms with E-state index in [2.05, 4.69) is 36.2 Å². The van der Waals surface area contributed by atoms with Crippen molar-refractivity contribution in [3.05, 3.63) is 48.3 Å². The minimum Gasteiger partial charge on any atom is -0.480 e. The number of aromatic nitrogens is 1. The summed E-state index contributed by atoms with van der Waals surface area (Å²) in [7, 11) is 0. The molecule has 1 aromatic heterocycles. The number of hydrogen-bond acceptors (Lipinski definition) is 3. The Kier molecular flexibility index (Phi) is 4.68. The Hall–Kier alpha value is -1.81. The number of carbonyl (C=O) groups is 1. The summed E-state index contributed by atoms with van der Waals surface area (Å²) in [6.07, 6.45) is 4.48. The lowest BCUT2D eigenvalue weighted by Gasteiger charge is -2.20. The molecule has 2 aromatic rings. The normalized spacial score (nSPS) is 11.4. The van der Waals surface area contributed by atoms with E-state index in [1.165, 1.54) is 17.3 Å². The van der Waals surface area contributed by atoms with E-state index in [-0.39, 0.29) is 0 Å². The van der Waals surface area contributed by atoms with Crippen LogP contribution in [0.25, 0.3) is 11.1 Å². The summed E-state index contributed by atoms with van der Waals surface area (Å²) in [5.41, 5.74) is 3.39. The first kappa shape index (κ1) is 15.6. The summed E-state index contributed by atoms with van der Waals surface area (Å²) in [4.78, 5) is 16.3. The highest BCUT2D eigenvalue weighted by Crippen LogP contribution is 2.38. The first-order valence-corrected chi connectivity index (χ1v) is 7.71. The second kappa shape index (κ2) is 6.31. The molecule has 2 rings (SSSR count). The van der Waals surface area contributed by atoms with Crippen LogP contribution in [0, 0.1) is 0 Å². The van der Waals surface area contributed by atoms with Gasteiger partial charge in [-0.05, 0) is 43.0 Å². The lowest BCUT2D eigenvalue weighted by atomic mass is 10.0. The minimum atomic E-state index is -0.888. The molecule has 0 aliphatic heterocycles. The Balaban J connectivity index is 2.38. The smallest absolute Gasteiger partial charge is 0.319 e. The zero-order valence-corrected chi connectivity index (χ0v) is 13.3. The largest absolute Gasteiger partial charge is 0.480 e. The van der Waals surface area contributed by atoms with E-state index in [0.29, 0.717) is 0 Å². The topological polar surface area (TPSA) is 50.2 Å². The molecular weight excluding hydrogens is 282 g/mol. The number of nitrogens with zero attached hydrogens (tertiary/aromatic N) is 1. The second-order valence-electron chi connectivity index (χ2n) is 5.34. The maximum atomic E-state index is 11.3. The maximum absolute atomic E-state index is 11.3. The molecule has 0 aliphatic carbocycles. The van der Waals surface area contributed by atoms with Gasteiger partial charge in [0.25, 0.3) is 0 Å². The van der Waals surface area contributed by atoms with Crippen LogP contribution in [0.15, 0.2) is 47.6 Å². The molecule has 0 spiro atoms. The molecule has 0 unspecified atom stereocenters. The summed E-state index contributed by atoms with van der Waals surface area (Å²) < 4.78 is -0.888. The van der Waals surface area contributed by atoms with Crippen LogP contribution in [0.3, 0.4) is 0 Å². The summed E-state index contributed by atoms with van der Waals surface area (Å²) >= 11 is 1.32. The summed E-state index contributed by atoms with van der Waals surface area (Å²) in [6.45, 7) is 5.53. The van der Waals surface area contributed by atoms with Crippen molar-refractivity contribution in [2.75, 3.05) is 0 Å². The molecule has 0 radical (unpaired) electrons.